The minimum atomic E-state index is -0.281. The molecule has 0 aliphatic carbocycles. The minimum Gasteiger partial charge on any atom is -0.393 e. The lowest BCUT2D eigenvalue weighted by molar-refractivity contribution is 0.105. The highest BCUT2D eigenvalue weighted by atomic mass is 16.3. The highest BCUT2D eigenvalue weighted by molar-refractivity contribution is 5.68. The van der Waals surface area contributed by atoms with Crippen molar-refractivity contribution in [1.29, 1.82) is 0 Å². The Kier molecular flexibility index (Phi) is 2.71. The fourth-order valence-corrected chi connectivity index (χ4v) is 2.67. The quantitative estimate of drug-likeness (QED) is 0.898. The number of hydrogen-bond donors (Lipinski definition) is 1. The number of aromatic nitrogens is 2. The van der Waals surface area contributed by atoms with Gasteiger partial charge in [0.25, 0.3) is 0 Å². The Balaban J connectivity index is 2.01. The van der Waals surface area contributed by atoms with Crippen LogP contribution < -0.4 is 0 Å². The molecule has 2 heterocycles. The number of nitrogens with zero attached hydrogens (tertiary/aromatic N) is 2. The average molecular weight is 242 g/mol. The van der Waals surface area contributed by atoms with Crippen LogP contribution in [0.4, 0.5) is 0 Å². The van der Waals surface area contributed by atoms with Crippen molar-refractivity contribution in [1.82, 2.24) is 9.55 Å². The van der Waals surface area contributed by atoms with E-state index in [1.165, 1.54) is 11.1 Å². The largest absolute Gasteiger partial charge is 0.393 e. The number of aliphatic hydroxyl groups is 1. The summed E-state index contributed by atoms with van der Waals surface area (Å²) in [7, 11) is 0. The van der Waals surface area contributed by atoms with Crippen LogP contribution in [0.1, 0.15) is 31.9 Å². The average Bonchev–Trinajstić information content (AvgIpc) is 2.92. The van der Waals surface area contributed by atoms with Crippen LogP contribution >= 0.6 is 0 Å². The second-order valence-corrected chi connectivity index (χ2v) is 5.34. The molecule has 0 radical (unpaired) electrons. The van der Waals surface area contributed by atoms with Crippen LogP contribution in [0, 0.1) is 5.92 Å². The SMILES string of the molecule is CC(C)C(O)CC1c2ccccc2-c2cncn21. The van der Waals surface area contributed by atoms with Crippen molar-refractivity contribution >= 4 is 0 Å². The van der Waals surface area contributed by atoms with Crippen LogP contribution in [0.5, 0.6) is 0 Å². The molecule has 0 amide bonds. The Morgan fingerprint density at radius 1 is 1.33 bits per heavy atom. The fraction of sp³-hybridized carbons (Fsp3) is 0.400. The predicted molar refractivity (Wildman–Crippen MR) is 71.3 cm³/mol. The summed E-state index contributed by atoms with van der Waals surface area (Å²) in [5.74, 6) is 0.282. The van der Waals surface area contributed by atoms with Gasteiger partial charge in [0.2, 0.25) is 0 Å². The molecule has 0 spiro atoms. The molecule has 1 N–H and O–H groups in total. The molecule has 0 saturated heterocycles. The van der Waals surface area contributed by atoms with Crippen molar-refractivity contribution in [3.8, 4) is 11.3 Å². The topological polar surface area (TPSA) is 38.1 Å². The molecule has 0 bridgehead atoms. The van der Waals surface area contributed by atoms with Crippen molar-refractivity contribution in [2.45, 2.75) is 32.4 Å². The van der Waals surface area contributed by atoms with Crippen LogP contribution in [0.3, 0.4) is 0 Å². The van der Waals surface area contributed by atoms with Gasteiger partial charge in [0.15, 0.2) is 0 Å². The Labute approximate surface area is 107 Å². The van der Waals surface area contributed by atoms with E-state index >= 15 is 0 Å². The lowest BCUT2D eigenvalue weighted by Crippen LogP contribution is -2.20. The van der Waals surface area contributed by atoms with E-state index in [0.717, 1.165) is 12.1 Å². The van der Waals surface area contributed by atoms with E-state index in [2.05, 4.69) is 47.7 Å². The molecule has 18 heavy (non-hydrogen) atoms. The van der Waals surface area contributed by atoms with E-state index in [9.17, 15) is 5.11 Å². The van der Waals surface area contributed by atoms with Gasteiger partial charge in [-0.2, -0.15) is 0 Å². The maximum atomic E-state index is 10.1. The lowest BCUT2D eigenvalue weighted by Gasteiger charge is -2.21. The van der Waals surface area contributed by atoms with E-state index in [4.69, 9.17) is 0 Å². The van der Waals surface area contributed by atoms with Gasteiger partial charge >= 0.3 is 0 Å². The molecule has 1 aromatic heterocycles. The monoisotopic (exact) mass is 242 g/mol. The first-order valence-electron chi connectivity index (χ1n) is 6.47. The summed E-state index contributed by atoms with van der Waals surface area (Å²) in [5, 5.41) is 10.1. The molecule has 1 aliphatic rings. The van der Waals surface area contributed by atoms with Crippen LogP contribution in [0.25, 0.3) is 11.3 Å². The number of imidazole rings is 1. The molecule has 0 saturated carbocycles. The van der Waals surface area contributed by atoms with E-state index in [0.29, 0.717) is 0 Å². The van der Waals surface area contributed by atoms with Crippen LogP contribution in [-0.4, -0.2) is 20.8 Å². The number of hydrogen-bond acceptors (Lipinski definition) is 2. The van der Waals surface area contributed by atoms with Crippen LogP contribution in [-0.2, 0) is 0 Å². The highest BCUT2D eigenvalue weighted by Gasteiger charge is 2.30. The summed E-state index contributed by atoms with van der Waals surface area (Å²) >= 11 is 0. The van der Waals surface area contributed by atoms with E-state index < -0.39 is 0 Å². The van der Waals surface area contributed by atoms with Crippen molar-refractivity contribution in [3.05, 3.63) is 42.4 Å². The van der Waals surface area contributed by atoms with Gasteiger partial charge in [0.05, 0.1) is 30.4 Å². The smallest absolute Gasteiger partial charge is 0.0956 e. The maximum absolute atomic E-state index is 10.1. The summed E-state index contributed by atoms with van der Waals surface area (Å²) in [6.45, 7) is 4.11. The molecular weight excluding hydrogens is 224 g/mol. The zero-order valence-electron chi connectivity index (χ0n) is 10.7. The Hall–Kier alpha value is -1.61. The van der Waals surface area contributed by atoms with Gasteiger partial charge in [-0.05, 0) is 17.9 Å². The third-order valence-electron chi connectivity index (χ3n) is 3.83. The molecular formula is C15H18N2O. The van der Waals surface area contributed by atoms with Gasteiger partial charge in [-0.25, -0.2) is 4.98 Å². The van der Waals surface area contributed by atoms with Gasteiger partial charge < -0.3 is 9.67 Å². The zero-order chi connectivity index (χ0) is 12.7. The molecule has 94 valence electrons. The normalized spacial score (nSPS) is 18.8. The first-order chi connectivity index (χ1) is 8.68. The molecule has 2 aromatic rings. The van der Waals surface area contributed by atoms with Crippen LogP contribution in [0.15, 0.2) is 36.8 Å². The lowest BCUT2D eigenvalue weighted by atomic mass is 9.94. The van der Waals surface area contributed by atoms with Crippen molar-refractivity contribution in [2.75, 3.05) is 0 Å². The molecule has 1 aromatic carbocycles. The summed E-state index contributed by atoms with van der Waals surface area (Å²) < 4.78 is 2.18. The standard InChI is InChI=1S/C15H18N2O/c1-10(2)15(18)7-13-11-5-3-4-6-12(11)14-8-16-9-17(13)14/h3-6,8-10,13,15,18H,7H2,1-2H3. The Morgan fingerprint density at radius 3 is 2.89 bits per heavy atom. The van der Waals surface area contributed by atoms with Gasteiger partial charge in [0, 0.05) is 5.56 Å². The van der Waals surface area contributed by atoms with Crippen molar-refractivity contribution < 1.29 is 5.11 Å². The number of fused-ring (bicyclic) bond motifs is 3. The third-order valence-corrected chi connectivity index (χ3v) is 3.83. The highest BCUT2D eigenvalue weighted by Crippen LogP contribution is 2.41. The second kappa shape index (κ2) is 4.25. The molecule has 3 heteroatoms. The summed E-state index contributed by atoms with van der Waals surface area (Å²) in [6, 6.07) is 8.62. The predicted octanol–water partition coefficient (Wildman–Crippen LogP) is 2.86. The first kappa shape index (κ1) is 11.5. The number of benzene rings is 1. The molecule has 3 nitrogen and oxygen atoms in total. The van der Waals surface area contributed by atoms with E-state index in [1.807, 2.05) is 12.5 Å². The van der Waals surface area contributed by atoms with E-state index in [-0.39, 0.29) is 18.1 Å². The molecule has 0 fully saturated rings. The molecule has 1 aliphatic heterocycles. The van der Waals surface area contributed by atoms with Gasteiger partial charge in [-0.1, -0.05) is 38.1 Å². The minimum absolute atomic E-state index is 0.219. The first-order valence-corrected chi connectivity index (χ1v) is 6.47. The fourth-order valence-electron chi connectivity index (χ4n) is 2.67. The van der Waals surface area contributed by atoms with Crippen LogP contribution in [0.2, 0.25) is 0 Å². The molecule has 2 atom stereocenters. The van der Waals surface area contributed by atoms with Gasteiger partial charge in [0.1, 0.15) is 0 Å². The van der Waals surface area contributed by atoms with Crippen molar-refractivity contribution in [2.24, 2.45) is 5.92 Å². The number of aliphatic hydroxyl groups excluding tert-OH is 1. The second-order valence-electron chi connectivity index (χ2n) is 5.34. The molecule has 2 unspecified atom stereocenters. The summed E-state index contributed by atoms with van der Waals surface area (Å²) in [4.78, 5) is 4.23. The third kappa shape index (κ3) is 1.66. The molecule has 3 rings (SSSR count). The Morgan fingerprint density at radius 2 is 2.11 bits per heavy atom. The van der Waals surface area contributed by atoms with Gasteiger partial charge in [-0.15, -0.1) is 0 Å². The summed E-state index contributed by atoms with van der Waals surface area (Å²) in [5.41, 5.74) is 3.71. The van der Waals surface area contributed by atoms with Gasteiger partial charge in [-0.3, -0.25) is 0 Å². The van der Waals surface area contributed by atoms with Crippen molar-refractivity contribution in [3.63, 3.8) is 0 Å². The summed E-state index contributed by atoms with van der Waals surface area (Å²) in [6.07, 6.45) is 4.24. The maximum Gasteiger partial charge on any atom is 0.0956 e. The Bertz CT molecular complexity index is 559. The van der Waals surface area contributed by atoms with E-state index in [1.54, 1.807) is 0 Å². The zero-order valence-corrected chi connectivity index (χ0v) is 10.7. The number of rotatable bonds is 3.